The molecule has 0 radical (unpaired) electrons. The molecule has 0 aromatic heterocycles. The van der Waals surface area contributed by atoms with Crippen molar-refractivity contribution in [2.24, 2.45) is 0 Å². The molecule has 1 nitrogen and oxygen atoms in total. The summed E-state index contributed by atoms with van der Waals surface area (Å²) in [5, 5.41) is 3.34. The van der Waals surface area contributed by atoms with Crippen molar-refractivity contribution in [1.29, 1.82) is 0 Å². The van der Waals surface area contributed by atoms with Crippen molar-refractivity contribution in [2.75, 3.05) is 6.54 Å². The maximum Gasteiger partial charge on any atom is 0.159 e. The van der Waals surface area contributed by atoms with Gasteiger partial charge in [-0.25, -0.2) is 8.78 Å². The summed E-state index contributed by atoms with van der Waals surface area (Å²) < 4.78 is 25.9. The van der Waals surface area contributed by atoms with E-state index >= 15 is 0 Å². The second kappa shape index (κ2) is 6.59. The standard InChI is InChI=1S/C13H19F2N/c1-3-5-13(16-8-4-2)10-6-7-11(14)12(15)9-10/h6-7,9,13,16H,3-5,8H2,1-2H3. The Morgan fingerprint density at radius 1 is 1.12 bits per heavy atom. The van der Waals surface area contributed by atoms with Gasteiger partial charge in [0.1, 0.15) is 0 Å². The van der Waals surface area contributed by atoms with Crippen molar-refractivity contribution < 1.29 is 8.78 Å². The normalized spacial score (nSPS) is 12.8. The predicted molar refractivity (Wildman–Crippen MR) is 62.3 cm³/mol. The van der Waals surface area contributed by atoms with Crippen LogP contribution in [0, 0.1) is 11.6 Å². The second-order valence-corrected chi connectivity index (χ2v) is 3.97. The Hall–Kier alpha value is -0.960. The quantitative estimate of drug-likeness (QED) is 0.779. The van der Waals surface area contributed by atoms with Crippen LogP contribution in [0.4, 0.5) is 8.78 Å². The molecule has 0 aliphatic heterocycles. The Morgan fingerprint density at radius 3 is 2.44 bits per heavy atom. The first-order valence-corrected chi connectivity index (χ1v) is 5.87. The van der Waals surface area contributed by atoms with Gasteiger partial charge in [-0.05, 0) is 37.1 Å². The molecule has 0 saturated carbocycles. The highest BCUT2D eigenvalue weighted by Crippen LogP contribution is 2.20. The SMILES string of the molecule is CCCNC(CCC)c1ccc(F)c(F)c1. The van der Waals surface area contributed by atoms with Crippen LogP contribution < -0.4 is 5.32 Å². The second-order valence-electron chi connectivity index (χ2n) is 3.97. The minimum atomic E-state index is -0.783. The number of halogens is 2. The molecule has 0 amide bonds. The van der Waals surface area contributed by atoms with Crippen molar-refractivity contribution in [3.8, 4) is 0 Å². The molecule has 0 fully saturated rings. The fraction of sp³-hybridized carbons (Fsp3) is 0.538. The van der Waals surface area contributed by atoms with Gasteiger partial charge in [-0.1, -0.05) is 26.3 Å². The lowest BCUT2D eigenvalue weighted by atomic mass is 10.0. The highest BCUT2D eigenvalue weighted by molar-refractivity contribution is 5.21. The van der Waals surface area contributed by atoms with E-state index in [1.165, 1.54) is 12.1 Å². The summed E-state index contributed by atoms with van der Waals surface area (Å²) >= 11 is 0. The third kappa shape index (κ3) is 3.56. The summed E-state index contributed by atoms with van der Waals surface area (Å²) in [4.78, 5) is 0. The number of nitrogens with one attached hydrogen (secondary N) is 1. The van der Waals surface area contributed by atoms with Gasteiger partial charge < -0.3 is 5.32 Å². The first-order valence-electron chi connectivity index (χ1n) is 5.87. The van der Waals surface area contributed by atoms with Gasteiger partial charge in [0, 0.05) is 6.04 Å². The van der Waals surface area contributed by atoms with Gasteiger partial charge >= 0.3 is 0 Å². The summed E-state index contributed by atoms with van der Waals surface area (Å²) in [5.74, 6) is -1.55. The fourth-order valence-electron chi connectivity index (χ4n) is 1.72. The summed E-state index contributed by atoms with van der Waals surface area (Å²) in [7, 11) is 0. The van der Waals surface area contributed by atoms with Crippen LogP contribution >= 0.6 is 0 Å². The van der Waals surface area contributed by atoms with Crippen molar-refractivity contribution in [2.45, 2.75) is 39.2 Å². The monoisotopic (exact) mass is 227 g/mol. The van der Waals surface area contributed by atoms with E-state index in [9.17, 15) is 8.78 Å². The minimum Gasteiger partial charge on any atom is -0.310 e. The average Bonchev–Trinajstić information content (AvgIpc) is 2.28. The van der Waals surface area contributed by atoms with Gasteiger partial charge in [-0.3, -0.25) is 0 Å². The zero-order valence-electron chi connectivity index (χ0n) is 9.89. The molecule has 16 heavy (non-hydrogen) atoms. The maximum atomic E-state index is 13.1. The highest BCUT2D eigenvalue weighted by Gasteiger charge is 2.11. The molecule has 1 aromatic rings. The zero-order valence-corrected chi connectivity index (χ0v) is 9.89. The van der Waals surface area contributed by atoms with Gasteiger partial charge in [-0.2, -0.15) is 0 Å². The van der Waals surface area contributed by atoms with Crippen molar-refractivity contribution in [3.63, 3.8) is 0 Å². The molecule has 1 rings (SSSR count). The smallest absolute Gasteiger partial charge is 0.159 e. The first-order chi connectivity index (χ1) is 7.69. The Balaban J connectivity index is 2.78. The maximum absolute atomic E-state index is 13.1. The molecule has 0 spiro atoms. The third-order valence-corrected chi connectivity index (χ3v) is 2.56. The number of hydrogen-bond donors (Lipinski definition) is 1. The number of hydrogen-bond acceptors (Lipinski definition) is 1. The van der Waals surface area contributed by atoms with Crippen molar-refractivity contribution >= 4 is 0 Å². The molecule has 1 N–H and O–H groups in total. The molecule has 3 heteroatoms. The summed E-state index contributed by atoms with van der Waals surface area (Å²) in [6.07, 6.45) is 2.98. The van der Waals surface area contributed by atoms with Crippen molar-refractivity contribution in [3.05, 3.63) is 35.4 Å². The Bertz CT molecular complexity index is 326. The van der Waals surface area contributed by atoms with Crippen LogP contribution in [-0.2, 0) is 0 Å². The van der Waals surface area contributed by atoms with E-state index in [0.717, 1.165) is 31.4 Å². The first kappa shape index (κ1) is 13.1. The summed E-state index contributed by atoms with van der Waals surface area (Å²) in [5.41, 5.74) is 0.828. The molecule has 1 unspecified atom stereocenters. The minimum absolute atomic E-state index is 0.125. The van der Waals surface area contributed by atoms with Crippen LogP contribution in [0.2, 0.25) is 0 Å². The van der Waals surface area contributed by atoms with E-state index in [-0.39, 0.29) is 6.04 Å². The van der Waals surface area contributed by atoms with Crippen LogP contribution in [-0.4, -0.2) is 6.54 Å². The molecule has 0 saturated heterocycles. The number of rotatable bonds is 6. The average molecular weight is 227 g/mol. The fourth-order valence-corrected chi connectivity index (χ4v) is 1.72. The van der Waals surface area contributed by atoms with Crippen LogP contribution in [0.25, 0.3) is 0 Å². The summed E-state index contributed by atoms with van der Waals surface area (Å²) in [6.45, 7) is 5.06. The van der Waals surface area contributed by atoms with E-state index in [1.807, 2.05) is 0 Å². The van der Waals surface area contributed by atoms with Gasteiger partial charge in [-0.15, -0.1) is 0 Å². The van der Waals surface area contributed by atoms with E-state index in [4.69, 9.17) is 0 Å². The molecular formula is C13H19F2N. The summed E-state index contributed by atoms with van der Waals surface area (Å²) in [6, 6.07) is 4.26. The topological polar surface area (TPSA) is 12.0 Å². The molecule has 0 aliphatic rings. The lowest BCUT2D eigenvalue weighted by Gasteiger charge is -2.18. The van der Waals surface area contributed by atoms with Gasteiger partial charge in [0.15, 0.2) is 11.6 Å². The van der Waals surface area contributed by atoms with Crippen LogP contribution in [0.1, 0.15) is 44.7 Å². The third-order valence-electron chi connectivity index (χ3n) is 2.56. The zero-order chi connectivity index (χ0) is 12.0. The van der Waals surface area contributed by atoms with Crippen LogP contribution in [0.5, 0.6) is 0 Å². The van der Waals surface area contributed by atoms with E-state index < -0.39 is 11.6 Å². The molecule has 0 bridgehead atoms. The molecule has 0 aliphatic carbocycles. The van der Waals surface area contributed by atoms with E-state index in [0.29, 0.717) is 0 Å². The van der Waals surface area contributed by atoms with Gasteiger partial charge in [0.25, 0.3) is 0 Å². The Kier molecular flexibility index (Phi) is 5.39. The molecule has 90 valence electrons. The van der Waals surface area contributed by atoms with E-state index in [1.54, 1.807) is 6.07 Å². The van der Waals surface area contributed by atoms with Gasteiger partial charge in [0.05, 0.1) is 0 Å². The highest BCUT2D eigenvalue weighted by atomic mass is 19.2. The van der Waals surface area contributed by atoms with Crippen LogP contribution in [0.3, 0.4) is 0 Å². The molecule has 1 atom stereocenters. The predicted octanol–water partition coefficient (Wildman–Crippen LogP) is 3.81. The molecular weight excluding hydrogens is 208 g/mol. The Labute approximate surface area is 95.9 Å². The molecule has 0 heterocycles. The lowest BCUT2D eigenvalue weighted by Crippen LogP contribution is -2.22. The van der Waals surface area contributed by atoms with E-state index in [2.05, 4.69) is 19.2 Å². The van der Waals surface area contributed by atoms with Crippen molar-refractivity contribution in [1.82, 2.24) is 5.32 Å². The van der Waals surface area contributed by atoms with Gasteiger partial charge in [0.2, 0.25) is 0 Å². The largest absolute Gasteiger partial charge is 0.310 e. The number of benzene rings is 1. The van der Waals surface area contributed by atoms with Crippen LogP contribution in [0.15, 0.2) is 18.2 Å². The molecule has 1 aromatic carbocycles. The lowest BCUT2D eigenvalue weighted by molar-refractivity contribution is 0.477. The Morgan fingerprint density at radius 2 is 1.88 bits per heavy atom.